The van der Waals surface area contributed by atoms with E-state index in [-0.39, 0.29) is 4.90 Å². The van der Waals surface area contributed by atoms with E-state index in [1.54, 1.807) is 31.3 Å². The van der Waals surface area contributed by atoms with Gasteiger partial charge < -0.3 is 16.8 Å². The van der Waals surface area contributed by atoms with Crippen LogP contribution in [0.1, 0.15) is 42.5 Å². The minimum Gasteiger partial charge on any atom is -0.329 e. The predicted octanol–water partition coefficient (Wildman–Crippen LogP) is 8.50. The number of hydrogen-bond acceptors (Lipinski definition) is 8. The molecule has 0 aliphatic heterocycles. The van der Waals surface area contributed by atoms with Crippen LogP contribution < -0.4 is 16.8 Å². The summed E-state index contributed by atoms with van der Waals surface area (Å²) in [6, 6.07) is 42.5. The third-order valence-corrected chi connectivity index (χ3v) is 12.6. The molecule has 0 spiro atoms. The number of likely N-dealkylation sites (N-methyl/N-ethyl adjacent to an activating group) is 1. The molecule has 6 rings (SSSR count). The third kappa shape index (κ3) is 16.4. The number of nitrogens with zero attached hydrogens (tertiary/aromatic N) is 2. The molecule has 59 heavy (non-hydrogen) atoms. The maximum atomic E-state index is 12.7. The van der Waals surface area contributed by atoms with Crippen molar-refractivity contribution in [1.29, 1.82) is 0 Å². The second-order valence-corrected chi connectivity index (χ2v) is 18.7. The van der Waals surface area contributed by atoms with Gasteiger partial charge in [0.15, 0.2) is 0 Å². The van der Waals surface area contributed by atoms with Gasteiger partial charge in [0, 0.05) is 63.5 Å². The normalized spacial score (nSPS) is 11.4. The maximum Gasteiger partial charge on any atom is 0.261 e. The fraction of sp³-hybridized carbons (Fsp3) is 0.319. The van der Waals surface area contributed by atoms with Crippen LogP contribution in [0.2, 0.25) is 0 Å². The lowest BCUT2D eigenvalue weighted by atomic mass is 10.0. The van der Waals surface area contributed by atoms with Gasteiger partial charge in [0.1, 0.15) is 0 Å². The van der Waals surface area contributed by atoms with Crippen molar-refractivity contribution in [3.05, 3.63) is 156 Å². The highest BCUT2D eigenvalue weighted by Crippen LogP contribution is 2.23. The molecular weight excluding hydrogens is 798 g/mol. The van der Waals surface area contributed by atoms with Crippen molar-refractivity contribution in [2.75, 3.05) is 52.9 Å². The summed E-state index contributed by atoms with van der Waals surface area (Å²) in [7, 11) is -0.332. The first-order valence-corrected chi connectivity index (χ1v) is 23.8. The van der Waals surface area contributed by atoms with Gasteiger partial charge in [0.05, 0.1) is 9.79 Å². The Kier molecular flexibility index (Phi) is 21.2. The van der Waals surface area contributed by atoms with Crippen LogP contribution in [-0.4, -0.2) is 78.9 Å². The molecule has 0 bridgehead atoms. The lowest BCUT2D eigenvalue weighted by molar-refractivity contribution is 0.289. The van der Waals surface area contributed by atoms with Crippen LogP contribution >= 0.6 is 10.7 Å². The van der Waals surface area contributed by atoms with Gasteiger partial charge >= 0.3 is 0 Å². The molecule has 12 heteroatoms. The van der Waals surface area contributed by atoms with E-state index >= 15 is 0 Å². The number of nitrogens with one attached hydrogen (secondary N) is 1. The Morgan fingerprint density at radius 2 is 1.05 bits per heavy atom. The van der Waals surface area contributed by atoms with Gasteiger partial charge in [0.25, 0.3) is 9.05 Å². The average molecular weight is 861 g/mol. The first kappa shape index (κ1) is 49.2. The highest BCUT2D eigenvalue weighted by Gasteiger charge is 2.21. The van der Waals surface area contributed by atoms with Gasteiger partial charge in [-0.15, -0.1) is 0 Å². The summed E-state index contributed by atoms with van der Waals surface area (Å²) in [4.78, 5) is 2.75. The minimum atomic E-state index is -3.55. The zero-order valence-electron chi connectivity index (χ0n) is 35.1. The topological polar surface area (TPSA) is 139 Å². The van der Waals surface area contributed by atoms with Crippen LogP contribution in [0, 0.1) is 13.8 Å². The summed E-state index contributed by atoms with van der Waals surface area (Å²) in [5.41, 5.74) is 15.4. The molecule has 0 amide bonds. The SMILES string of the molecule is CCCc1cccc2ccccc12.CCNCCN(CCN)CCN.Cc1ccc(S(=O)(=O)Cl)cc1.Cc1ccc(S(=O)(=O)N(C)Cc2cccc3ccccc23)cc1. The van der Waals surface area contributed by atoms with E-state index in [0.29, 0.717) is 24.5 Å². The average Bonchev–Trinajstić information content (AvgIpc) is 3.22. The zero-order valence-corrected chi connectivity index (χ0v) is 37.5. The van der Waals surface area contributed by atoms with E-state index in [9.17, 15) is 16.8 Å². The van der Waals surface area contributed by atoms with Crippen molar-refractivity contribution in [2.24, 2.45) is 11.5 Å². The smallest absolute Gasteiger partial charge is 0.261 e. The third-order valence-electron chi connectivity index (χ3n) is 9.45. The Labute approximate surface area is 357 Å². The van der Waals surface area contributed by atoms with Crippen LogP contribution in [0.25, 0.3) is 21.5 Å². The summed E-state index contributed by atoms with van der Waals surface area (Å²) in [5, 5.41) is 8.24. The van der Waals surface area contributed by atoms with Crippen LogP contribution in [-0.2, 0) is 32.0 Å². The number of hydrogen-bond donors (Lipinski definition) is 3. The Balaban J connectivity index is 0.000000223. The molecule has 0 fully saturated rings. The van der Waals surface area contributed by atoms with E-state index < -0.39 is 19.1 Å². The summed E-state index contributed by atoms with van der Waals surface area (Å²) in [5.74, 6) is 0. The first-order valence-electron chi connectivity index (χ1n) is 20.1. The molecule has 6 aromatic rings. The fourth-order valence-corrected chi connectivity index (χ4v) is 8.16. The molecular formula is C47H62ClN5O4S2. The highest BCUT2D eigenvalue weighted by atomic mass is 35.7. The number of nitrogens with two attached hydrogens (primary N) is 2. The van der Waals surface area contributed by atoms with Crippen LogP contribution in [0.15, 0.2) is 143 Å². The maximum absolute atomic E-state index is 12.7. The van der Waals surface area contributed by atoms with Gasteiger partial charge in [0.2, 0.25) is 10.0 Å². The molecule has 9 nitrogen and oxygen atoms in total. The second-order valence-electron chi connectivity index (χ2n) is 14.1. The lowest BCUT2D eigenvalue weighted by Crippen LogP contribution is -2.38. The molecule has 0 unspecified atom stereocenters. The Bertz CT molecular complexity index is 2340. The Morgan fingerprint density at radius 1 is 0.593 bits per heavy atom. The molecule has 318 valence electrons. The highest BCUT2D eigenvalue weighted by molar-refractivity contribution is 8.13. The zero-order chi connectivity index (χ0) is 43.3. The first-order chi connectivity index (χ1) is 28.2. The molecule has 0 saturated carbocycles. The number of fused-ring (bicyclic) bond motifs is 2. The van der Waals surface area contributed by atoms with Gasteiger partial charge in [-0.3, -0.25) is 4.90 Å². The number of halogens is 1. The van der Waals surface area contributed by atoms with Gasteiger partial charge in [-0.1, -0.05) is 141 Å². The van der Waals surface area contributed by atoms with Crippen molar-refractivity contribution in [3.63, 3.8) is 0 Å². The second kappa shape index (κ2) is 25.5. The van der Waals surface area contributed by atoms with E-state index in [0.717, 1.165) is 60.2 Å². The minimum absolute atomic E-state index is 0.143. The van der Waals surface area contributed by atoms with E-state index in [2.05, 4.69) is 66.5 Å². The standard InChI is InChI=1S/C19H19NO2S.C13H14.C8H22N4.C7H7ClO2S/c1-15-10-12-18(13-11-15)23(21,22)20(2)14-17-8-5-7-16-6-3-4-9-19(16)17;1-2-6-11-8-5-9-12-7-3-4-10-13(11)12;1-2-11-5-8-12(6-3-9)7-4-10;1-6-2-4-7(5-3-6)11(8,9)10/h3-13H,14H2,1-2H3;3-5,7-10H,2,6H2,1H3;11H,2-10H2,1H3;2-5H,1H3. The molecule has 0 aromatic heterocycles. The molecule has 0 radical (unpaired) electrons. The Hall–Kier alpha value is -4.17. The summed E-state index contributed by atoms with van der Waals surface area (Å²) in [6.07, 6.45) is 2.40. The van der Waals surface area contributed by atoms with Crippen LogP contribution in [0.4, 0.5) is 0 Å². The van der Waals surface area contributed by atoms with Gasteiger partial charge in [-0.05, 0) is 83.8 Å². The molecule has 6 aromatic carbocycles. The quantitative estimate of drug-likeness (QED) is 0.0691. The molecule has 0 heterocycles. The molecule has 0 atom stereocenters. The van der Waals surface area contributed by atoms with Crippen molar-refractivity contribution in [3.8, 4) is 0 Å². The van der Waals surface area contributed by atoms with Crippen molar-refractivity contribution in [2.45, 2.75) is 56.9 Å². The van der Waals surface area contributed by atoms with E-state index in [1.807, 2.05) is 68.4 Å². The number of aryl methyl sites for hydroxylation is 3. The fourth-order valence-electron chi connectivity index (χ4n) is 6.24. The predicted molar refractivity (Wildman–Crippen MR) is 249 cm³/mol. The van der Waals surface area contributed by atoms with Crippen molar-refractivity contribution in [1.82, 2.24) is 14.5 Å². The number of rotatable bonds is 15. The van der Waals surface area contributed by atoms with Crippen LogP contribution in [0.5, 0.6) is 0 Å². The van der Waals surface area contributed by atoms with Crippen molar-refractivity contribution >= 4 is 51.3 Å². The van der Waals surface area contributed by atoms with Gasteiger partial charge in [-0.2, -0.15) is 4.31 Å². The van der Waals surface area contributed by atoms with Gasteiger partial charge in [-0.25, -0.2) is 16.8 Å². The monoisotopic (exact) mass is 859 g/mol. The van der Waals surface area contributed by atoms with E-state index in [1.165, 1.54) is 45.6 Å². The molecule has 0 aliphatic rings. The molecule has 5 N–H and O–H groups in total. The largest absolute Gasteiger partial charge is 0.329 e. The summed E-state index contributed by atoms with van der Waals surface area (Å²) in [6.45, 7) is 14.9. The molecule has 0 aliphatic carbocycles. The van der Waals surface area contributed by atoms with Crippen molar-refractivity contribution < 1.29 is 16.8 Å². The lowest BCUT2D eigenvalue weighted by Gasteiger charge is -2.20. The van der Waals surface area contributed by atoms with E-state index in [4.69, 9.17) is 22.1 Å². The van der Waals surface area contributed by atoms with Crippen LogP contribution in [0.3, 0.4) is 0 Å². The summed E-state index contributed by atoms with van der Waals surface area (Å²) >= 11 is 0. The molecule has 0 saturated heterocycles. The summed E-state index contributed by atoms with van der Waals surface area (Å²) < 4.78 is 48.2. The number of benzene rings is 6. The number of sulfonamides is 1. The Morgan fingerprint density at radius 3 is 1.53 bits per heavy atom.